The number of likely N-dealkylation sites (N-methyl/N-ethyl adjacent to an activating group) is 1. The second-order valence-corrected chi connectivity index (χ2v) is 6.90. The number of hydrogen-bond donors (Lipinski definition) is 0. The lowest BCUT2D eigenvalue weighted by molar-refractivity contribution is -0.208. The van der Waals surface area contributed by atoms with Gasteiger partial charge in [-0.1, -0.05) is 30.3 Å². The molecule has 0 aromatic heterocycles. The number of hydrogen-bond acceptors (Lipinski definition) is 7. The Morgan fingerprint density at radius 1 is 1.18 bits per heavy atom. The van der Waals surface area contributed by atoms with Gasteiger partial charge in [0.15, 0.2) is 0 Å². The van der Waals surface area contributed by atoms with Crippen LogP contribution in [0, 0.1) is 0 Å². The van der Waals surface area contributed by atoms with Crippen LogP contribution in [-0.4, -0.2) is 64.9 Å². The van der Waals surface area contributed by atoms with E-state index >= 15 is 0 Å². The third-order valence-electron chi connectivity index (χ3n) is 4.95. The van der Waals surface area contributed by atoms with Crippen molar-refractivity contribution >= 4 is 24.2 Å². The highest BCUT2D eigenvalue weighted by Crippen LogP contribution is 2.22. The normalized spacial score (nSPS) is 23.0. The van der Waals surface area contributed by atoms with E-state index in [2.05, 4.69) is 0 Å². The highest BCUT2D eigenvalue weighted by atomic mass is 16.7. The highest BCUT2D eigenvalue weighted by Gasteiger charge is 2.39. The van der Waals surface area contributed by atoms with Crippen LogP contribution in [0.25, 0.3) is 0 Å². The van der Waals surface area contributed by atoms with Crippen molar-refractivity contribution < 1.29 is 28.9 Å². The number of amides is 3. The first kappa shape index (κ1) is 20.0. The Labute approximate surface area is 162 Å². The van der Waals surface area contributed by atoms with Crippen molar-refractivity contribution in [2.45, 2.75) is 44.4 Å². The van der Waals surface area contributed by atoms with Gasteiger partial charge in [-0.05, 0) is 25.5 Å². The molecule has 2 atom stereocenters. The maximum absolute atomic E-state index is 12.4. The number of piperidine rings is 1. The van der Waals surface area contributed by atoms with Crippen LogP contribution in [0.5, 0.6) is 0 Å². The molecule has 0 saturated carbocycles. The van der Waals surface area contributed by atoms with E-state index in [0.717, 1.165) is 5.56 Å². The number of rotatable bonds is 7. The summed E-state index contributed by atoms with van der Waals surface area (Å²) in [5, 5.41) is 1.83. The van der Waals surface area contributed by atoms with Crippen molar-refractivity contribution in [3.8, 4) is 0 Å². The molecule has 0 spiro atoms. The van der Waals surface area contributed by atoms with Crippen LogP contribution in [-0.2, 0) is 35.5 Å². The molecule has 3 amide bonds. The van der Waals surface area contributed by atoms with E-state index < -0.39 is 23.8 Å². The number of carbonyl (C=O) groups excluding carboxylic acids is 4. The minimum Gasteiger partial charge on any atom is -0.329 e. The van der Waals surface area contributed by atoms with Gasteiger partial charge < -0.3 is 4.84 Å². The lowest BCUT2D eigenvalue weighted by atomic mass is 9.99. The molecule has 9 nitrogen and oxygen atoms in total. The molecule has 9 heteroatoms. The van der Waals surface area contributed by atoms with E-state index in [-0.39, 0.29) is 25.5 Å². The van der Waals surface area contributed by atoms with Gasteiger partial charge in [-0.2, -0.15) is 0 Å². The summed E-state index contributed by atoms with van der Waals surface area (Å²) in [5.74, 6) is -1.65. The monoisotopic (exact) mass is 389 g/mol. The van der Waals surface area contributed by atoms with Gasteiger partial charge in [-0.25, -0.2) is 9.86 Å². The molecular formula is C19H23N3O6. The molecule has 2 aliphatic heterocycles. The summed E-state index contributed by atoms with van der Waals surface area (Å²) in [4.78, 5) is 59.4. The summed E-state index contributed by atoms with van der Waals surface area (Å²) < 4.78 is 0. The van der Waals surface area contributed by atoms with Gasteiger partial charge in [0.25, 0.3) is 11.8 Å². The Balaban J connectivity index is 1.53. The summed E-state index contributed by atoms with van der Waals surface area (Å²) in [7, 11) is 1.73. The fourth-order valence-corrected chi connectivity index (χ4v) is 3.38. The van der Waals surface area contributed by atoms with Crippen molar-refractivity contribution in [2.75, 3.05) is 13.6 Å². The molecule has 2 aliphatic rings. The van der Waals surface area contributed by atoms with Gasteiger partial charge in [0.1, 0.15) is 12.6 Å². The van der Waals surface area contributed by atoms with E-state index in [1.165, 1.54) is 5.06 Å². The van der Waals surface area contributed by atoms with Crippen molar-refractivity contribution in [2.24, 2.45) is 0 Å². The first-order valence-electron chi connectivity index (χ1n) is 9.18. The van der Waals surface area contributed by atoms with Gasteiger partial charge in [0.2, 0.25) is 6.41 Å². The summed E-state index contributed by atoms with van der Waals surface area (Å²) in [6.07, 6.45) is 1.69. The van der Waals surface area contributed by atoms with Gasteiger partial charge in [0, 0.05) is 19.4 Å². The van der Waals surface area contributed by atoms with Crippen LogP contribution in [0.1, 0.15) is 31.2 Å². The summed E-state index contributed by atoms with van der Waals surface area (Å²) in [6, 6.07) is 8.69. The zero-order chi connectivity index (χ0) is 20.1. The third kappa shape index (κ3) is 4.55. The second kappa shape index (κ2) is 8.94. The molecule has 150 valence electrons. The topological polar surface area (TPSA) is 96.5 Å². The fourth-order valence-electron chi connectivity index (χ4n) is 3.38. The van der Waals surface area contributed by atoms with Crippen molar-refractivity contribution in [3.05, 3.63) is 35.9 Å². The minimum absolute atomic E-state index is 0.0573. The number of benzene rings is 1. The maximum Gasteiger partial charge on any atom is 0.350 e. The number of imide groups is 1. The first-order chi connectivity index (χ1) is 13.5. The van der Waals surface area contributed by atoms with Gasteiger partial charge in [-0.3, -0.25) is 24.1 Å². The largest absolute Gasteiger partial charge is 0.350 e. The van der Waals surface area contributed by atoms with Crippen LogP contribution >= 0.6 is 0 Å². The number of likely N-dealkylation sites (tertiary alicyclic amines) is 1. The predicted molar refractivity (Wildman–Crippen MR) is 95.8 cm³/mol. The first-order valence-corrected chi connectivity index (χ1v) is 9.18. The Kier molecular flexibility index (Phi) is 6.37. The van der Waals surface area contributed by atoms with Crippen molar-refractivity contribution in [3.63, 3.8) is 0 Å². The van der Waals surface area contributed by atoms with E-state index in [4.69, 9.17) is 9.68 Å². The van der Waals surface area contributed by atoms with Crippen molar-refractivity contribution in [1.82, 2.24) is 15.0 Å². The summed E-state index contributed by atoms with van der Waals surface area (Å²) >= 11 is 0. The smallest absolute Gasteiger partial charge is 0.329 e. The molecule has 0 aliphatic carbocycles. The second-order valence-electron chi connectivity index (χ2n) is 6.90. The van der Waals surface area contributed by atoms with E-state index in [9.17, 15) is 19.2 Å². The SMILES string of the molecule is CN1C[C@H](N(C=O)OCc2ccccc2)CC[C@H]1C(=O)ON1C(=O)CCC1=O. The Bertz CT molecular complexity index is 724. The van der Waals surface area contributed by atoms with Crippen LogP contribution in [0.15, 0.2) is 30.3 Å². The van der Waals surface area contributed by atoms with E-state index in [1.54, 1.807) is 11.9 Å². The molecule has 2 saturated heterocycles. The zero-order valence-electron chi connectivity index (χ0n) is 15.7. The molecule has 28 heavy (non-hydrogen) atoms. The van der Waals surface area contributed by atoms with E-state index in [1.807, 2.05) is 30.3 Å². The van der Waals surface area contributed by atoms with Crippen LogP contribution in [0.4, 0.5) is 0 Å². The summed E-state index contributed by atoms with van der Waals surface area (Å²) in [5.41, 5.74) is 0.944. The average Bonchev–Trinajstić information content (AvgIpc) is 3.01. The van der Waals surface area contributed by atoms with Gasteiger partial charge >= 0.3 is 5.97 Å². The molecule has 0 N–H and O–H groups in total. The summed E-state index contributed by atoms with van der Waals surface area (Å²) in [6.45, 7) is 0.666. The molecular weight excluding hydrogens is 366 g/mol. The lowest BCUT2D eigenvalue weighted by Crippen LogP contribution is -2.53. The molecule has 1 aromatic carbocycles. The molecule has 2 heterocycles. The van der Waals surface area contributed by atoms with Crippen LogP contribution < -0.4 is 0 Å². The minimum atomic E-state index is -0.646. The number of nitrogens with zero attached hydrogens (tertiary/aromatic N) is 3. The number of hydroxylamine groups is 4. The molecule has 3 rings (SSSR count). The zero-order valence-corrected chi connectivity index (χ0v) is 15.7. The fraction of sp³-hybridized carbons (Fsp3) is 0.474. The molecule has 0 bridgehead atoms. The Morgan fingerprint density at radius 2 is 1.86 bits per heavy atom. The lowest BCUT2D eigenvalue weighted by Gasteiger charge is -2.38. The van der Waals surface area contributed by atoms with Crippen LogP contribution in [0.2, 0.25) is 0 Å². The quantitative estimate of drug-likeness (QED) is 0.384. The van der Waals surface area contributed by atoms with Gasteiger partial charge in [0.05, 0.1) is 6.04 Å². The molecule has 1 aromatic rings. The van der Waals surface area contributed by atoms with E-state index in [0.29, 0.717) is 30.9 Å². The standard InChI is InChI=1S/C19H23N3O6/c1-20-11-15(21(13-23)27-12-14-5-3-2-4-6-14)7-8-16(20)19(26)28-22-17(24)9-10-18(22)25/h2-6,13,15-16H,7-12H2,1H3/t15-,16+/m1/s1. The Morgan fingerprint density at radius 3 is 2.46 bits per heavy atom. The predicted octanol–water partition coefficient (Wildman–Crippen LogP) is 0.647. The molecule has 2 fully saturated rings. The molecule has 0 unspecified atom stereocenters. The highest BCUT2D eigenvalue weighted by molar-refractivity contribution is 6.01. The Hall–Kier alpha value is -2.78. The number of carbonyl (C=O) groups is 4. The van der Waals surface area contributed by atoms with Crippen molar-refractivity contribution in [1.29, 1.82) is 0 Å². The molecule has 0 radical (unpaired) electrons. The average molecular weight is 389 g/mol. The maximum atomic E-state index is 12.4. The third-order valence-corrected chi connectivity index (χ3v) is 4.95. The van der Waals surface area contributed by atoms with Gasteiger partial charge in [-0.15, -0.1) is 5.06 Å². The van der Waals surface area contributed by atoms with Crippen LogP contribution in [0.3, 0.4) is 0 Å².